The van der Waals surface area contributed by atoms with E-state index in [2.05, 4.69) is 0 Å². The van der Waals surface area contributed by atoms with Crippen molar-refractivity contribution in [1.82, 2.24) is 4.90 Å². The van der Waals surface area contributed by atoms with E-state index in [9.17, 15) is 13.2 Å². The first-order chi connectivity index (χ1) is 12.8. The molecule has 0 bridgehead atoms. The molecule has 0 N–H and O–H groups in total. The third-order valence-electron chi connectivity index (χ3n) is 4.60. The summed E-state index contributed by atoms with van der Waals surface area (Å²) in [6.45, 7) is 0.192. The summed E-state index contributed by atoms with van der Waals surface area (Å²) in [6.07, 6.45) is 1.93. The second-order valence-electron chi connectivity index (χ2n) is 6.45. The molecule has 1 saturated heterocycles. The number of amides is 1. The quantitative estimate of drug-likeness (QED) is 0.589. The van der Waals surface area contributed by atoms with Crippen molar-refractivity contribution in [2.24, 2.45) is 0 Å². The molecule has 4 rings (SSSR count). The fourth-order valence-corrected chi connectivity index (χ4v) is 6.74. The van der Waals surface area contributed by atoms with Crippen molar-refractivity contribution in [2.45, 2.75) is 19.0 Å². The minimum Gasteiger partial charge on any atom is -0.467 e. The average Bonchev–Trinajstić information content (AvgIpc) is 3.32. The number of carbonyl (C=O) groups excluding carboxylic acids is 1. The zero-order chi connectivity index (χ0) is 19.2. The minimum atomic E-state index is -3.15. The number of sulfone groups is 1. The van der Waals surface area contributed by atoms with Crippen LogP contribution in [-0.2, 0) is 16.4 Å². The van der Waals surface area contributed by atoms with Gasteiger partial charge in [-0.1, -0.05) is 29.3 Å². The van der Waals surface area contributed by atoms with Crippen molar-refractivity contribution < 1.29 is 17.6 Å². The van der Waals surface area contributed by atoms with Crippen LogP contribution in [0.5, 0.6) is 0 Å². The van der Waals surface area contributed by atoms with Crippen LogP contribution in [0.15, 0.2) is 41.0 Å². The van der Waals surface area contributed by atoms with Crippen LogP contribution < -0.4 is 0 Å². The lowest BCUT2D eigenvalue weighted by Crippen LogP contribution is -2.40. The van der Waals surface area contributed by atoms with Crippen LogP contribution in [-0.4, -0.2) is 36.8 Å². The number of furan rings is 1. The van der Waals surface area contributed by atoms with Crippen molar-refractivity contribution in [3.8, 4) is 0 Å². The van der Waals surface area contributed by atoms with E-state index in [0.29, 0.717) is 27.1 Å². The van der Waals surface area contributed by atoms with Gasteiger partial charge in [0.25, 0.3) is 5.91 Å². The molecule has 1 fully saturated rings. The van der Waals surface area contributed by atoms with Gasteiger partial charge in [-0.05, 0) is 30.7 Å². The summed E-state index contributed by atoms with van der Waals surface area (Å²) in [5, 5.41) is 1.68. The third kappa shape index (κ3) is 3.74. The highest BCUT2D eigenvalue weighted by atomic mass is 35.5. The second-order valence-corrected chi connectivity index (χ2v) is 10.6. The molecule has 1 aliphatic heterocycles. The molecule has 9 heteroatoms. The highest BCUT2D eigenvalue weighted by Gasteiger charge is 2.36. The molecule has 3 aromatic rings. The van der Waals surface area contributed by atoms with Gasteiger partial charge in [-0.25, -0.2) is 8.42 Å². The fourth-order valence-electron chi connectivity index (χ4n) is 3.27. The Labute approximate surface area is 170 Å². The Morgan fingerprint density at radius 3 is 2.78 bits per heavy atom. The molecule has 0 saturated carbocycles. The number of nitrogens with zero attached hydrogens (tertiary/aromatic N) is 1. The summed E-state index contributed by atoms with van der Waals surface area (Å²) in [5.74, 6) is 0.326. The first-order valence-corrected chi connectivity index (χ1v) is 11.6. The Balaban J connectivity index is 1.73. The maximum absolute atomic E-state index is 13.3. The molecule has 1 atom stereocenters. The summed E-state index contributed by atoms with van der Waals surface area (Å²) in [5.41, 5.74) is 0. The number of hydrogen-bond acceptors (Lipinski definition) is 5. The fraction of sp³-hybridized carbons (Fsp3) is 0.278. The molecule has 3 heterocycles. The van der Waals surface area contributed by atoms with E-state index in [1.807, 2.05) is 0 Å². The van der Waals surface area contributed by atoms with E-state index >= 15 is 0 Å². The van der Waals surface area contributed by atoms with Crippen LogP contribution in [0.2, 0.25) is 10.0 Å². The molecule has 142 valence electrons. The zero-order valence-electron chi connectivity index (χ0n) is 14.0. The van der Waals surface area contributed by atoms with Gasteiger partial charge >= 0.3 is 0 Å². The number of carbonyl (C=O) groups is 1. The standard InChI is InChI=1S/C18H15Cl2NO4S2/c19-11-3-4-14-15(8-11)26-17(16(14)20)18(22)21(9-13-2-1-6-25-13)12-5-7-27(23,24)10-12/h1-4,6,8,12H,5,7,9-10H2/t12-/m1/s1. The van der Waals surface area contributed by atoms with E-state index < -0.39 is 15.9 Å². The van der Waals surface area contributed by atoms with Crippen molar-refractivity contribution in [1.29, 1.82) is 0 Å². The van der Waals surface area contributed by atoms with Crippen molar-refractivity contribution >= 4 is 60.4 Å². The monoisotopic (exact) mass is 443 g/mol. The van der Waals surface area contributed by atoms with Crippen LogP contribution in [0.1, 0.15) is 21.9 Å². The molecule has 0 aliphatic carbocycles. The van der Waals surface area contributed by atoms with E-state index in [1.165, 1.54) is 17.6 Å². The van der Waals surface area contributed by atoms with Gasteiger partial charge in [0, 0.05) is 21.2 Å². The normalized spacial score (nSPS) is 18.8. The maximum atomic E-state index is 13.3. The van der Waals surface area contributed by atoms with Gasteiger partial charge in [-0.3, -0.25) is 4.79 Å². The van der Waals surface area contributed by atoms with Crippen molar-refractivity contribution in [3.63, 3.8) is 0 Å². The highest BCUT2D eigenvalue weighted by Crippen LogP contribution is 2.38. The SMILES string of the molecule is O=C(c1sc2cc(Cl)ccc2c1Cl)N(Cc1ccco1)[C@@H]1CCS(=O)(=O)C1. The minimum absolute atomic E-state index is 0.0478. The molecule has 1 aliphatic rings. The molecule has 0 radical (unpaired) electrons. The Morgan fingerprint density at radius 1 is 1.30 bits per heavy atom. The molecular formula is C18H15Cl2NO4S2. The number of rotatable bonds is 4. The lowest BCUT2D eigenvalue weighted by atomic mass is 10.2. The topological polar surface area (TPSA) is 67.6 Å². The molecule has 0 spiro atoms. The van der Waals surface area contributed by atoms with Gasteiger partial charge in [-0.2, -0.15) is 0 Å². The molecule has 1 amide bonds. The highest BCUT2D eigenvalue weighted by molar-refractivity contribution is 7.91. The molecule has 27 heavy (non-hydrogen) atoms. The first kappa shape index (κ1) is 18.8. The van der Waals surface area contributed by atoms with E-state index in [0.717, 1.165) is 10.1 Å². The first-order valence-electron chi connectivity index (χ1n) is 8.25. The smallest absolute Gasteiger partial charge is 0.266 e. The third-order valence-corrected chi connectivity index (χ3v) is 8.23. The number of halogens is 2. The van der Waals surface area contributed by atoms with Gasteiger partial charge in [0.05, 0.1) is 29.3 Å². The second kappa shape index (κ2) is 7.13. The Kier molecular flexibility index (Phi) is 4.96. The average molecular weight is 444 g/mol. The van der Waals surface area contributed by atoms with E-state index in [-0.39, 0.29) is 24.0 Å². The number of benzene rings is 1. The Bertz CT molecular complexity index is 1110. The van der Waals surface area contributed by atoms with Crippen LogP contribution in [0.3, 0.4) is 0 Å². The Hall–Kier alpha value is -1.54. The predicted octanol–water partition coefficient (Wildman–Crippen LogP) is 4.63. The molecule has 2 aromatic heterocycles. The summed E-state index contributed by atoms with van der Waals surface area (Å²) >= 11 is 13.8. The van der Waals surface area contributed by atoms with Crippen molar-refractivity contribution in [2.75, 3.05) is 11.5 Å². The van der Waals surface area contributed by atoms with Gasteiger partial charge in [0.2, 0.25) is 0 Å². The predicted molar refractivity (Wildman–Crippen MR) is 107 cm³/mol. The summed E-state index contributed by atoms with van der Waals surface area (Å²) < 4.78 is 30.1. The molecular weight excluding hydrogens is 429 g/mol. The van der Waals surface area contributed by atoms with E-state index in [1.54, 1.807) is 35.2 Å². The van der Waals surface area contributed by atoms with Crippen molar-refractivity contribution in [3.05, 3.63) is 57.3 Å². The largest absolute Gasteiger partial charge is 0.467 e. The summed E-state index contributed by atoms with van der Waals surface area (Å²) in [6, 6.07) is 8.36. The Morgan fingerprint density at radius 2 is 2.11 bits per heavy atom. The summed E-state index contributed by atoms with van der Waals surface area (Å²) in [4.78, 5) is 15.3. The molecule has 5 nitrogen and oxygen atoms in total. The number of thiophene rings is 1. The zero-order valence-corrected chi connectivity index (χ0v) is 17.2. The lowest BCUT2D eigenvalue weighted by Gasteiger charge is -2.27. The van der Waals surface area contributed by atoms with Crippen LogP contribution >= 0.6 is 34.5 Å². The number of hydrogen-bond donors (Lipinski definition) is 0. The maximum Gasteiger partial charge on any atom is 0.266 e. The van der Waals surface area contributed by atoms with Gasteiger partial charge in [-0.15, -0.1) is 11.3 Å². The number of fused-ring (bicyclic) bond motifs is 1. The van der Waals surface area contributed by atoms with Crippen LogP contribution in [0.25, 0.3) is 10.1 Å². The van der Waals surface area contributed by atoms with Crippen LogP contribution in [0, 0.1) is 0 Å². The molecule has 1 aromatic carbocycles. The van der Waals surface area contributed by atoms with Gasteiger partial charge in [0.15, 0.2) is 9.84 Å². The van der Waals surface area contributed by atoms with Gasteiger partial charge < -0.3 is 9.32 Å². The molecule has 0 unspecified atom stereocenters. The van der Waals surface area contributed by atoms with E-state index in [4.69, 9.17) is 27.6 Å². The van der Waals surface area contributed by atoms with Crippen LogP contribution in [0.4, 0.5) is 0 Å². The lowest BCUT2D eigenvalue weighted by molar-refractivity contribution is 0.0671. The van der Waals surface area contributed by atoms with Gasteiger partial charge in [0.1, 0.15) is 10.6 Å². The summed E-state index contributed by atoms with van der Waals surface area (Å²) in [7, 11) is -3.15.